The van der Waals surface area contributed by atoms with Crippen molar-refractivity contribution in [2.24, 2.45) is 0 Å². The van der Waals surface area contributed by atoms with Gasteiger partial charge in [-0.25, -0.2) is 0 Å². The Morgan fingerprint density at radius 2 is 2.53 bits per heavy atom. The van der Waals surface area contributed by atoms with Crippen molar-refractivity contribution >= 4 is 5.97 Å². The number of carboxylic acids is 1. The number of aliphatic carboxylic acids is 1. The highest BCUT2D eigenvalue weighted by Gasteiger charge is 2.26. The Labute approximate surface area is 88.3 Å². The van der Waals surface area contributed by atoms with E-state index in [-0.39, 0.29) is 6.04 Å². The number of nitrogens with zero attached hydrogens (tertiary/aromatic N) is 1. The van der Waals surface area contributed by atoms with Gasteiger partial charge in [-0.1, -0.05) is 6.07 Å². The van der Waals surface area contributed by atoms with Gasteiger partial charge in [0.05, 0.1) is 11.7 Å². The molecule has 0 bridgehead atoms. The summed E-state index contributed by atoms with van der Waals surface area (Å²) in [5.74, 6) is -0.820. The van der Waals surface area contributed by atoms with Gasteiger partial charge in [-0.05, 0) is 31.4 Å². The van der Waals surface area contributed by atoms with Crippen LogP contribution in [0.25, 0.3) is 0 Å². The summed E-state index contributed by atoms with van der Waals surface area (Å²) in [6.07, 6.45) is 3.67. The van der Waals surface area contributed by atoms with Crippen molar-refractivity contribution in [3.63, 3.8) is 0 Å². The molecule has 80 valence electrons. The number of hydrogen-bond donors (Lipinski definition) is 2. The van der Waals surface area contributed by atoms with E-state index in [0.29, 0.717) is 0 Å². The van der Waals surface area contributed by atoms with E-state index in [0.717, 1.165) is 18.5 Å². The highest BCUT2D eigenvalue weighted by molar-refractivity contribution is 5.72. The summed E-state index contributed by atoms with van der Waals surface area (Å²) in [5.41, 5.74) is 2.23. The average molecular weight is 206 g/mol. The fourth-order valence-corrected chi connectivity index (χ4v) is 1.95. The van der Waals surface area contributed by atoms with Gasteiger partial charge in [-0.15, -0.1) is 0 Å². The summed E-state index contributed by atoms with van der Waals surface area (Å²) < 4.78 is 0. The maximum atomic E-state index is 10.7. The normalized spacial score (nSPS) is 21.0. The Hall–Kier alpha value is -1.42. The maximum Gasteiger partial charge on any atom is 0.320 e. The first-order valence-corrected chi connectivity index (χ1v) is 5.11. The summed E-state index contributed by atoms with van der Waals surface area (Å²) in [7, 11) is 0. The number of aryl methyl sites for hydroxylation is 1. The molecule has 0 saturated heterocycles. The average Bonchev–Trinajstić information content (AvgIpc) is 2.62. The van der Waals surface area contributed by atoms with E-state index in [1.165, 1.54) is 5.56 Å². The second kappa shape index (κ2) is 3.98. The largest absolute Gasteiger partial charge is 0.480 e. The molecule has 0 spiro atoms. The van der Waals surface area contributed by atoms with Crippen LogP contribution >= 0.6 is 0 Å². The minimum absolute atomic E-state index is 0.0901. The summed E-state index contributed by atoms with van der Waals surface area (Å²) in [5, 5.41) is 11.9. The van der Waals surface area contributed by atoms with Crippen LogP contribution in [0.15, 0.2) is 18.3 Å². The van der Waals surface area contributed by atoms with Gasteiger partial charge in [0.2, 0.25) is 0 Å². The van der Waals surface area contributed by atoms with E-state index in [1.807, 2.05) is 6.07 Å². The number of rotatable bonds is 3. The molecule has 2 rings (SSSR count). The molecule has 15 heavy (non-hydrogen) atoms. The molecule has 4 heteroatoms. The minimum Gasteiger partial charge on any atom is -0.480 e. The molecule has 0 saturated carbocycles. The number of fused-ring (bicyclic) bond motifs is 1. The summed E-state index contributed by atoms with van der Waals surface area (Å²) >= 11 is 0. The third kappa shape index (κ3) is 1.99. The lowest BCUT2D eigenvalue weighted by molar-refractivity contribution is -0.139. The van der Waals surface area contributed by atoms with E-state index in [2.05, 4.69) is 16.4 Å². The zero-order valence-electron chi connectivity index (χ0n) is 8.60. The number of carbonyl (C=O) groups is 1. The molecule has 2 unspecified atom stereocenters. The first kappa shape index (κ1) is 10.1. The number of carboxylic acid groups (broad SMARTS) is 1. The number of pyridine rings is 1. The van der Waals surface area contributed by atoms with Gasteiger partial charge in [0.25, 0.3) is 0 Å². The number of nitrogens with one attached hydrogen (secondary N) is 1. The third-order valence-electron chi connectivity index (χ3n) is 2.78. The SMILES string of the molecule is CC(NC1CCc2cccnc21)C(=O)O. The predicted molar refractivity (Wildman–Crippen MR) is 55.5 cm³/mol. The zero-order valence-corrected chi connectivity index (χ0v) is 8.60. The van der Waals surface area contributed by atoms with Crippen LogP contribution in [-0.2, 0) is 11.2 Å². The van der Waals surface area contributed by atoms with E-state index >= 15 is 0 Å². The molecule has 0 aliphatic heterocycles. The topological polar surface area (TPSA) is 62.2 Å². The molecule has 1 aromatic heterocycles. The Balaban J connectivity index is 2.11. The molecule has 0 aromatic carbocycles. The second-order valence-corrected chi connectivity index (χ2v) is 3.87. The number of aromatic nitrogens is 1. The van der Waals surface area contributed by atoms with Gasteiger partial charge in [-0.3, -0.25) is 15.1 Å². The lowest BCUT2D eigenvalue weighted by atomic mass is 10.2. The Morgan fingerprint density at radius 3 is 3.27 bits per heavy atom. The van der Waals surface area contributed by atoms with Gasteiger partial charge in [0, 0.05) is 6.20 Å². The first-order valence-electron chi connectivity index (χ1n) is 5.11. The third-order valence-corrected chi connectivity index (χ3v) is 2.78. The molecule has 1 heterocycles. The van der Waals surface area contributed by atoms with Gasteiger partial charge in [0.1, 0.15) is 6.04 Å². The predicted octanol–water partition coefficient (Wildman–Crippen LogP) is 1.13. The Morgan fingerprint density at radius 1 is 1.73 bits per heavy atom. The summed E-state index contributed by atoms with van der Waals surface area (Å²) in [4.78, 5) is 15.0. The molecule has 2 N–H and O–H groups in total. The van der Waals surface area contributed by atoms with Gasteiger partial charge in [-0.2, -0.15) is 0 Å². The summed E-state index contributed by atoms with van der Waals surface area (Å²) in [6, 6.07) is 3.53. The standard InChI is InChI=1S/C11H14N2O2/c1-7(11(14)15)13-9-5-4-8-3-2-6-12-10(8)9/h2-3,6-7,9,13H,4-5H2,1H3,(H,14,15). The van der Waals surface area contributed by atoms with Gasteiger partial charge in [0.15, 0.2) is 0 Å². The van der Waals surface area contributed by atoms with Crippen LogP contribution in [0.5, 0.6) is 0 Å². The molecule has 0 radical (unpaired) electrons. The maximum absolute atomic E-state index is 10.7. The number of hydrogen-bond acceptors (Lipinski definition) is 3. The molecule has 4 nitrogen and oxygen atoms in total. The van der Waals surface area contributed by atoms with Crippen molar-refractivity contribution in [3.05, 3.63) is 29.6 Å². The van der Waals surface area contributed by atoms with Crippen molar-refractivity contribution in [3.8, 4) is 0 Å². The quantitative estimate of drug-likeness (QED) is 0.778. The molecule has 1 aromatic rings. The van der Waals surface area contributed by atoms with Crippen molar-refractivity contribution in [2.75, 3.05) is 0 Å². The van der Waals surface area contributed by atoms with Crippen LogP contribution in [-0.4, -0.2) is 22.1 Å². The lowest BCUT2D eigenvalue weighted by Gasteiger charge is -2.16. The molecule has 2 atom stereocenters. The van der Waals surface area contributed by atoms with Crippen LogP contribution in [0.2, 0.25) is 0 Å². The highest BCUT2D eigenvalue weighted by Crippen LogP contribution is 2.28. The Kier molecular flexibility index (Phi) is 2.68. The fourth-order valence-electron chi connectivity index (χ4n) is 1.95. The monoisotopic (exact) mass is 206 g/mol. The van der Waals surface area contributed by atoms with E-state index in [4.69, 9.17) is 5.11 Å². The van der Waals surface area contributed by atoms with Gasteiger partial charge >= 0.3 is 5.97 Å². The van der Waals surface area contributed by atoms with Crippen LogP contribution in [0.1, 0.15) is 30.6 Å². The lowest BCUT2D eigenvalue weighted by Crippen LogP contribution is -2.36. The van der Waals surface area contributed by atoms with E-state index in [9.17, 15) is 4.79 Å². The minimum atomic E-state index is -0.820. The van der Waals surface area contributed by atoms with Crippen LogP contribution in [0.3, 0.4) is 0 Å². The van der Waals surface area contributed by atoms with Crippen molar-refractivity contribution in [1.29, 1.82) is 0 Å². The van der Waals surface area contributed by atoms with Crippen LogP contribution in [0, 0.1) is 0 Å². The summed E-state index contributed by atoms with van der Waals surface area (Å²) in [6.45, 7) is 1.66. The molecule has 1 aliphatic rings. The van der Waals surface area contributed by atoms with E-state index < -0.39 is 12.0 Å². The zero-order chi connectivity index (χ0) is 10.8. The highest BCUT2D eigenvalue weighted by atomic mass is 16.4. The first-order chi connectivity index (χ1) is 7.18. The molecular weight excluding hydrogens is 192 g/mol. The van der Waals surface area contributed by atoms with Crippen LogP contribution in [0.4, 0.5) is 0 Å². The van der Waals surface area contributed by atoms with Crippen LogP contribution < -0.4 is 5.32 Å². The Bertz CT molecular complexity index is 379. The van der Waals surface area contributed by atoms with Gasteiger partial charge < -0.3 is 5.11 Å². The van der Waals surface area contributed by atoms with Crippen molar-refractivity contribution in [1.82, 2.24) is 10.3 Å². The second-order valence-electron chi connectivity index (χ2n) is 3.87. The molecule has 0 amide bonds. The fraction of sp³-hybridized carbons (Fsp3) is 0.455. The molecule has 1 aliphatic carbocycles. The van der Waals surface area contributed by atoms with E-state index in [1.54, 1.807) is 13.1 Å². The molecular formula is C11H14N2O2. The smallest absolute Gasteiger partial charge is 0.320 e. The van der Waals surface area contributed by atoms with Crippen molar-refractivity contribution in [2.45, 2.75) is 31.8 Å². The van der Waals surface area contributed by atoms with Crippen molar-refractivity contribution < 1.29 is 9.90 Å². The molecule has 0 fully saturated rings.